The normalized spacial score (nSPS) is 22.6. The van der Waals surface area contributed by atoms with E-state index in [1.807, 2.05) is 32.0 Å². The summed E-state index contributed by atoms with van der Waals surface area (Å²) in [6, 6.07) is 7.59. The van der Waals surface area contributed by atoms with Crippen molar-refractivity contribution < 1.29 is 28.2 Å². The Balaban J connectivity index is 1.74. The van der Waals surface area contributed by atoms with E-state index in [1.54, 1.807) is 19.1 Å². The van der Waals surface area contributed by atoms with Crippen LogP contribution >= 0.6 is 0 Å². The van der Waals surface area contributed by atoms with Gasteiger partial charge in [-0.2, -0.15) is 0 Å². The molecule has 30 heavy (non-hydrogen) atoms. The van der Waals surface area contributed by atoms with Crippen molar-refractivity contribution in [1.29, 1.82) is 0 Å². The lowest BCUT2D eigenvalue weighted by molar-refractivity contribution is -0.135. The topological polar surface area (TPSA) is 92.0 Å². The minimum Gasteiger partial charge on any atom is -0.451 e. The number of carbonyl (C=O) groups is 2. The molecule has 0 saturated carbocycles. The average molecular weight is 420 g/mol. The summed E-state index contributed by atoms with van der Waals surface area (Å²) in [6.45, 7) is 5.31. The SMILES string of the molecule is CC(C)C[C@H](NC(=O)c1cc2ccccc2o1)C(=O)N1C[C@H](F)[C@@H](OCCO)[C@H]1C. The maximum Gasteiger partial charge on any atom is 0.287 e. The van der Waals surface area contributed by atoms with Gasteiger partial charge in [-0.25, -0.2) is 4.39 Å². The molecule has 2 heterocycles. The van der Waals surface area contributed by atoms with Crippen LogP contribution in [-0.4, -0.2) is 65.9 Å². The van der Waals surface area contributed by atoms with Crippen molar-refractivity contribution in [3.8, 4) is 0 Å². The van der Waals surface area contributed by atoms with E-state index in [1.165, 1.54) is 4.90 Å². The first-order valence-corrected chi connectivity index (χ1v) is 10.3. The molecular weight excluding hydrogens is 391 g/mol. The molecule has 0 spiro atoms. The molecule has 4 atom stereocenters. The quantitative estimate of drug-likeness (QED) is 0.685. The van der Waals surface area contributed by atoms with Gasteiger partial charge in [0.1, 0.15) is 23.9 Å². The highest BCUT2D eigenvalue weighted by atomic mass is 19.1. The van der Waals surface area contributed by atoms with Crippen molar-refractivity contribution in [2.75, 3.05) is 19.8 Å². The number of para-hydroxylation sites is 1. The molecule has 1 aromatic carbocycles. The summed E-state index contributed by atoms with van der Waals surface area (Å²) in [5.74, 6) is -0.574. The van der Waals surface area contributed by atoms with Crippen LogP contribution in [0.1, 0.15) is 37.7 Å². The molecule has 164 valence electrons. The van der Waals surface area contributed by atoms with E-state index in [0.29, 0.717) is 12.0 Å². The Morgan fingerprint density at radius 2 is 2.10 bits per heavy atom. The van der Waals surface area contributed by atoms with Crippen LogP contribution in [0.4, 0.5) is 4.39 Å². The largest absolute Gasteiger partial charge is 0.451 e. The highest BCUT2D eigenvalue weighted by molar-refractivity contribution is 5.98. The Bertz CT molecular complexity index is 850. The molecule has 8 heteroatoms. The lowest BCUT2D eigenvalue weighted by Crippen LogP contribution is -2.51. The summed E-state index contributed by atoms with van der Waals surface area (Å²) < 4.78 is 25.4. The van der Waals surface area contributed by atoms with Gasteiger partial charge in [0, 0.05) is 5.39 Å². The molecule has 0 aliphatic carbocycles. The van der Waals surface area contributed by atoms with E-state index in [0.717, 1.165) is 5.39 Å². The summed E-state index contributed by atoms with van der Waals surface area (Å²) in [7, 11) is 0. The predicted octanol–water partition coefficient (Wildman–Crippen LogP) is 2.52. The van der Waals surface area contributed by atoms with Crippen molar-refractivity contribution in [2.24, 2.45) is 5.92 Å². The number of halogens is 1. The Labute approximate surface area is 175 Å². The van der Waals surface area contributed by atoms with E-state index in [9.17, 15) is 14.0 Å². The molecule has 0 unspecified atom stereocenters. The molecular formula is C22H29FN2O5. The van der Waals surface area contributed by atoms with Gasteiger partial charge in [0.05, 0.1) is 25.8 Å². The van der Waals surface area contributed by atoms with Crippen LogP contribution in [0, 0.1) is 5.92 Å². The smallest absolute Gasteiger partial charge is 0.287 e. The predicted molar refractivity (Wildman–Crippen MR) is 110 cm³/mol. The minimum absolute atomic E-state index is 0.00959. The van der Waals surface area contributed by atoms with Crippen molar-refractivity contribution in [3.63, 3.8) is 0 Å². The van der Waals surface area contributed by atoms with Gasteiger partial charge in [-0.15, -0.1) is 0 Å². The van der Waals surface area contributed by atoms with E-state index >= 15 is 0 Å². The second kappa shape index (κ2) is 9.57. The Hall–Kier alpha value is -2.45. The Kier molecular flexibility index (Phi) is 7.10. The Morgan fingerprint density at radius 3 is 2.77 bits per heavy atom. The van der Waals surface area contributed by atoms with Gasteiger partial charge in [0.15, 0.2) is 5.76 Å². The number of fused-ring (bicyclic) bond motifs is 1. The minimum atomic E-state index is -1.35. The number of alkyl halides is 1. The molecule has 2 aromatic rings. The molecule has 7 nitrogen and oxygen atoms in total. The summed E-state index contributed by atoms with van der Waals surface area (Å²) in [5, 5.41) is 12.5. The highest BCUT2D eigenvalue weighted by Gasteiger charge is 2.44. The van der Waals surface area contributed by atoms with E-state index in [4.69, 9.17) is 14.3 Å². The number of amides is 2. The molecule has 3 rings (SSSR count). The average Bonchev–Trinajstić information content (AvgIpc) is 3.26. The molecule has 2 amide bonds. The molecule has 0 radical (unpaired) electrons. The fourth-order valence-electron chi connectivity index (χ4n) is 3.88. The fraction of sp³-hybridized carbons (Fsp3) is 0.545. The van der Waals surface area contributed by atoms with Gasteiger partial charge in [0.25, 0.3) is 5.91 Å². The summed E-state index contributed by atoms with van der Waals surface area (Å²) in [4.78, 5) is 27.4. The lowest BCUT2D eigenvalue weighted by Gasteiger charge is -2.29. The number of rotatable bonds is 8. The van der Waals surface area contributed by atoms with Gasteiger partial charge < -0.3 is 24.5 Å². The monoisotopic (exact) mass is 420 g/mol. The third kappa shape index (κ3) is 4.82. The summed E-state index contributed by atoms with van der Waals surface area (Å²) >= 11 is 0. The fourth-order valence-corrected chi connectivity index (χ4v) is 3.88. The molecule has 1 aromatic heterocycles. The molecule has 1 saturated heterocycles. The van der Waals surface area contributed by atoms with Crippen LogP contribution in [-0.2, 0) is 9.53 Å². The third-order valence-corrected chi connectivity index (χ3v) is 5.34. The van der Waals surface area contributed by atoms with Gasteiger partial charge in [-0.1, -0.05) is 32.0 Å². The number of furan rings is 1. The number of hydrogen-bond acceptors (Lipinski definition) is 5. The van der Waals surface area contributed by atoms with Crippen molar-refractivity contribution in [3.05, 3.63) is 36.1 Å². The standard InChI is InChI=1S/C22H29FN2O5/c1-13(2)10-17(22(28)25-12-16(23)20(14(25)3)29-9-8-26)24-21(27)19-11-15-6-4-5-7-18(15)30-19/h4-7,11,13-14,16-17,20,26H,8-10,12H2,1-3H3,(H,24,27)/t14-,16+,17+,20+/m1/s1. The van der Waals surface area contributed by atoms with Crippen LogP contribution < -0.4 is 5.32 Å². The zero-order valence-electron chi connectivity index (χ0n) is 17.5. The number of nitrogens with zero attached hydrogens (tertiary/aromatic N) is 1. The number of nitrogens with one attached hydrogen (secondary N) is 1. The first kappa shape index (κ1) is 22.2. The number of ether oxygens (including phenoxy) is 1. The Morgan fingerprint density at radius 1 is 1.37 bits per heavy atom. The van der Waals surface area contributed by atoms with Crippen LogP contribution in [0.15, 0.2) is 34.7 Å². The number of aliphatic hydroxyl groups is 1. The van der Waals surface area contributed by atoms with Crippen molar-refractivity contribution in [2.45, 2.75) is 51.6 Å². The van der Waals surface area contributed by atoms with Crippen LogP contribution in [0.25, 0.3) is 11.0 Å². The van der Waals surface area contributed by atoms with Crippen LogP contribution in [0.3, 0.4) is 0 Å². The van der Waals surface area contributed by atoms with E-state index in [-0.39, 0.29) is 37.3 Å². The lowest BCUT2D eigenvalue weighted by atomic mass is 10.0. The number of likely N-dealkylation sites (tertiary alicyclic amines) is 1. The van der Waals surface area contributed by atoms with Gasteiger partial charge in [-0.05, 0) is 31.4 Å². The number of benzene rings is 1. The maximum absolute atomic E-state index is 14.4. The summed E-state index contributed by atoms with van der Waals surface area (Å²) in [6.07, 6.45) is -1.74. The van der Waals surface area contributed by atoms with Gasteiger partial charge in [-0.3, -0.25) is 9.59 Å². The van der Waals surface area contributed by atoms with E-state index < -0.39 is 30.3 Å². The number of carbonyl (C=O) groups excluding carboxylic acids is 2. The first-order chi connectivity index (χ1) is 14.3. The molecule has 2 N–H and O–H groups in total. The van der Waals surface area contributed by atoms with Gasteiger partial charge >= 0.3 is 0 Å². The zero-order valence-corrected chi connectivity index (χ0v) is 17.5. The second-order valence-electron chi connectivity index (χ2n) is 8.11. The third-order valence-electron chi connectivity index (χ3n) is 5.34. The molecule has 1 aliphatic rings. The number of aliphatic hydroxyl groups excluding tert-OH is 1. The maximum atomic E-state index is 14.4. The summed E-state index contributed by atoms with van der Waals surface area (Å²) in [5.41, 5.74) is 0.590. The molecule has 1 aliphatic heterocycles. The van der Waals surface area contributed by atoms with Crippen LogP contribution in [0.5, 0.6) is 0 Å². The van der Waals surface area contributed by atoms with Gasteiger partial charge in [0.2, 0.25) is 5.91 Å². The second-order valence-corrected chi connectivity index (χ2v) is 8.11. The first-order valence-electron chi connectivity index (χ1n) is 10.3. The van der Waals surface area contributed by atoms with Crippen LogP contribution in [0.2, 0.25) is 0 Å². The number of hydrogen-bond donors (Lipinski definition) is 2. The molecule has 0 bridgehead atoms. The van der Waals surface area contributed by atoms with Crippen molar-refractivity contribution in [1.82, 2.24) is 10.2 Å². The zero-order chi connectivity index (χ0) is 21.8. The van der Waals surface area contributed by atoms with Crippen molar-refractivity contribution >= 4 is 22.8 Å². The molecule has 1 fully saturated rings. The van der Waals surface area contributed by atoms with E-state index in [2.05, 4.69) is 5.32 Å². The highest BCUT2D eigenvalue weighted by Crippen LogP contribution is 2.26.